The molecule has 12 N–H and O–H groups in total. The molecule has 4 aliphatic rings. The number of ketones is 2. The number of primary amides is 1. The van der Waals surface area contributed by atoms with Crippen molar-refractivity contribution >= 4 is 34.8 Å². The number of hydrogen-bond acceptors (Lipinski definition) is 17. The monoisotopic (exact) mass is 694 g/mol. The number of nitrogens with one attached hydrogen (secondary N) is 1. The summed E-state index contributed by atoms with van der Waals surface area (Å²) >= 11 is 0. The second-order valence-electron chi connectivity index (χ2n) is 12.7. The number of aromatic hydroxyl groups is 1. The number of likely N-dealkylation sites (N-methyl/N-ethyl adjacent to an activating group) is 1. The van der Waals surface area contributed by atoms with E-state index in [2.05, 4.69) is 5.32 Å². The Labute approximate surface area is 277 Å². The summed E-state index contributed by atoms with van der Waals surface area (Å²) in [6.07, 6.45) is -7.37. The van der Waals surface area contributed by atoms with Crippen molar-refractivity contribution < 1.29 is 74.7 Å². The molecular formula is C30H38N4O15. The van der Waals surface area contributed by atoms with Gasteiger partial charge in [0.25, 0.3) is 11.8 Å². The minimum atomic E-state index is -3.11. The van der Waals surface area contributed by atoms with Crippen molar-refractivity contribution in [2.45, 2.75) is 54.8 Å². The number of carbonyl (C=O) groups excluding carboxylic acids is 4. The van der Waals surface area contributed by atoms with Gasteiger partial charge in [-0.25, -0.2) is 0 Å². The molecule has 19 nitrogen and oxygen atoms in total. The van der Waals surface area contributed by atoms with Crippen LogP contribution in [-0.4, -0.2) is 156 Å². The van der Waals surface area contributed by atoms with Gasteiger partial charge in [-0.15, -0.1) is 5.06 Å². The van der Waals surface area contributed by atoms with E-state index in [1.165, 1.54) is 38.1 Å². The Morgan fingerprint density at radius 2 is 1.71 bits per heavy atom. The van der Waals surface area contributed by atoms with Crippen LogP contribution in [0.25, 0.3) is 5.76 Å². The highest BCUT2D eigenvalue weighted by Gasteiger charge is 2.68. The van der Waals surface area contributed by atoms with Crippen LogP contribution in [-0.2, 0) is 28.8 Å². The number of anilines is 1. The van der Waals surface area contributed by atoms with Gasteiger partial charge in [0, 0.05) is 11.5 Å². The minimum absolute atomic E-state index is 0.180. The number of nitrogens with zero attached hydrogens (tertiary/aromatic N) is 2. The van der Waals surface area contributed by atoms with E-state index in [9.17, 15) is 65.1 Å². The molecule has 1 heterocycles. The molecule has 2 fully saturated rings. The lowest BCUT2D eigenvalue weighted by molar-refractivity contribution is -0.440. The second-order valence-corrected chi connectivity index (χ2v) is 12.7. The third-order valence-electron chi connectivity index (χ3n) is 9.84. The maximum Gasteiger partial charge on any atom is 0.280 e. The molecule has 1 aliphatic heterocycles. The molecule has 1 aromatic rings. The van der Waals surface area contributed by atoms with Crippen LogP contribution in [0.4, 0.5) is 5.69 Å². The third kappa shape index (κ3) is 5.12. The maximum atomic E-state index is 14.1. The number of fused-ring (bicyclic) bond motifs is 3. The first-order valence-electron chi connectivity index (χ1n) is 15.0. The van der Waals surface area contributed by atoms with E-state index in [0.29, 0.717) is 5.06 Å². The van der Waals surface area contributed by atoms with Crippen molar-refractivity contribution in [2.24, 2.45) is 17.6 Å². The molecule has 1 unspecified atom stereocenters. The van der Waals surface area contributed by atoms with E-state index in [1.54, 1.807) is 0 Å². The number of rotatable bonds is 7. The number of hydrogen-bond donors (Lipinski definition) is 11. The van der Waals surface area contributed by atoms with Crippen molar-refractivity contribution in [2.75, 3.05) is 39.7 Å². The fourth-order valence-corrected chi connectivity index (χ4v) is 7.39. The summed E-state index contributed by atoms with van der Waals surface area (Å²) in [6, 6.07) is 1.09. The molecule has 1 aromatic carbocycles. The first-order chi connectivity index (χ1) is 22.8. The van der Waals surface area contributed by atoms with Crippen LogP contribution in [0, 0.1) is 11.8 Å². The fourth-order valence-electron chi connectivity index (χ4n) is 7.39. The zero-order chi connectivity index (χ0) is 36.7. The molecule has 10 atom stereocenters. The van der Waals surface area contributed by atoms with E-state index < -0.39 is 125 Å². The molecular weight excluding hydrogens is 656 g/mol. The molecule has 1 saturated heterocycles. The van der Waals surface area contributed by atoms with Gasteiger partial charge < -0.3 is 61.7 Å². The molecule has 0 radical (unpaired) electrons. The maximum absolute atomic E-state index is 14.1. The van der Waals surface area contributed by atoms with Crippen molar-refractivity contribution in [3.05, 3.63) is 40.2 Å². The molecule has 0 aromatic heterocycles. The summed E-state index contributed by atoms with van der Waals surface area (Å²) < 4.78 is 5.04. The number of phenols is 1. The van der Waals surface area contributed by atoms with Gasteiger partial charge in [0.05, 0.1) is 43.0 Å². The van der Waals surface area contributed by atoms with E-state index in [4.69, 9.17) is 15.3 Å². The largest absolute Gasteiger partial charge is 0.508 e. The number of hydroxylamine groups is 2. The first-order valence-corrected chi connectivity index (χ1v) is 15.0. The summed E-state index contributed by atoms with van der Waals surface area (Å²) in [5.41, 5.74) is -0.0304. The van der Waals surface area contributed by atoms with Crippen molar-refractivity contribution in [1.82, 2.24) is 9.96 Å². The number of benzene rings is 1. The highest BCUT2D eigenvalue weighted by Crippen LogP contribution is 2.56. The average Bonchev–Trinajstić information content (AvgIpc) is 3.03. The van der Waals surface area contributed by atoms with Crippen molar-refractivity contribution in [1.29, 1.82) is 0 Å². The zero-order valence-corrected chi connectivity index (χ0v) is 26.6. The van der Waals surface area contributed by atoms with Crippen LogP contribution in [0.3, 0.4) is 0 Å². The number of aliphatic hydroxyl groups excluding tert-OH is 6. The summed E-state index contributed by atoms with van der Waals surface area (Å²) in [7, 11) is 3.79. The Hall–Kier alpha value is -4.02. The molecule has 2 amide bonds. The predicted molar refractivity (Wildman–Crippen MR) is 162 cm³/mol. The summed E-state index contributed by atoms with van der Waals surface area (Å²) in [4.78, 5) is 58.9. The summed E-state index contributed by atoms with van der Waals surface area (Å²) in [5.74, 6) is -14.7. The molecule has 3 aliphatic carbocycles. The van der Waals surface area contributed by atoms with Gasteiger partial charge in [0.1, 0.15) is 41.6 Å². The Kier molecular flexibility index (Phi) is 9.17. The van der Waals surface area contributed by atoms with E-state index in [1.807, 2.05) is 0 Å². The van der Waals surface area contributed by atoms with Crippen molar-refractivity contribution in [3.63, 3.8) is 0 Å². The smallest absolute Gasteiger partial charge is 0.280 e. The molecule has 0 spiro atoms. The molecule has 1 saturated carbocycles. The van der Waals surface area contributed by atoms with Crippen LogP contribution in [0.1, 0.15) is 24.0 Å². The van der Waals surface area contributed by atoms with E-state index >= 15 is 0 Å². The highest BCUT2D eigenvalue weighted by molar-refractivity contribution is 6.24. The number of carbonyl (C=O) groups is 4. The zero-order valence-electron chi connectivity index (χ0n) is 26.6. The lowest BCUT2D eigenvalue weighted by Crippen LogP contribution is -2.70. The van der Waals surface area contributed by atoms with Crippen LogP contribution < -0.4 is 11.1 Å². The topological polar surface area (TPSA) is 313 Å². The van der Waals surface area contributed by atoms with E-state index in [0.717, 1.165) is 7.11 Å². The molecule has 268 valence electrons. The van der Waals surface area contributed by atoms with Gasteiger partial charge in [0.15, 0.2) is 17.5 Å². The normalized spacial score (nSPS) is 36.1. The predicted octanol–water partition coefficient (Wildman–Crippen LogP) is -3.94. The Bertz CT molecular complexity index is 1680. The van der Waals surface area contributed by atoms with Crippen LogP contribution in [0.15, 0.2) is 29.0 Å². The van der Waals surface area contributed by atoms with Crippen molar-refractivity contribution in [3.8, 4) is 5.75 Å². The molecule has 19 heteroatoms. The van der Waals surface area contributed by atoms with Gasteiger partial charge in [-0.2, -0.15) is 0 Å². The average molecular weight is 695 g/mol. The quantitative estimate of drug-likeness (QED) is 0.0562. The first kappa shape index (κ1) is 36.3. The summed E-state index contributed by atoms with van der Waals surface area (Å²) in [6.45, 7) is 0.00171. The molecule has 0 bridgehead atoms. The van der Waals surface area contributed by atoms with Crippen LogP contribution in [0.5, 0.6) is 5.75 Å². The lowest BCUT2D eigenvalue weighted by atomic mass is 9.54. The summed E-state index contributed by atoms with van der Waals surface area (Å²) in [5, 5.41) is 101. The SMILES string of the molecule is CON(CC(=O)Nc1ccc2c(c1O)C(O)=C1C(=O)[C@]3(O)C(O)=C(C(N)=O)C(=O)[C@@H](N(C)C)[C@@H]3[C@@H](O)[C@@H]1[C@H]2C)C1(O)OC[C@@H](O)[C@@H](O)[C@H]1O. The standard InChI is InChI=1S/C30H38N4O15/c1-9-10-5-6-11(32-13(36)7-34(48-4)30(47)27(44)21(38)12(35)8-49-30)20(37)15(10)22(39)16-14(9)23(40)18-19(33(2)3)24(41)17(28(31)45)26(43)29(18,46)25(16)42/h5-6,9,12,14,18-19,21,23,27,35,37-40,43-44,46-47H,7-8H2,1-4H3,(H2,31,45)(H,32,36)/t9-,12+,14+,18+,19-,21+,23-,27+,29-,30?/m0/s1. The fraction of sp³-hybridized carbons (Fsp3) is 0.533. The number of phenolic OH excluding ortho intramolecular Hbond substituents is 1. The van der Waals surface area contributed by atoms with Gasteiger partial charge >= 0.3 is 0 Å². The molecule has 49 heavy (non-hydrogen) atoms. The van der Waals surface area contributed by atoms with Gasteiger partial charge in [-0.3, -0.25) is 28.9 Å². The number of nitrogens with two attached hydrogens (primary N) is 1. The number of ether oxygens (including phenoxy) is 1. The van der Waals surface area contributed by atoms with Gasteiger partial charge in [-0.1, -0.05) is 13.0 Å². The van der Waals surface area contributed by atoms with Crippen LogP contribution >= 0.6 is 0 Å². The Morgan fingerprint density at radius 3 is 2.29 bits per heavy atom. The second kappa shape index (κ2) is 12.4. The Morgan fingerprint density at radius 1 is 1.08 bits per heavy atom. The number of aliphatic hydroxyl groups is 8. The molecule has 5 rings (SSSR count). The highest BCUT2D eigenvalue weighted by atomic mass is 16.8. The van der Waals surface area contributed by atoms with Crippen LogP contribution in [0.2, 0.25) is 0 Å². The van der Waals surface area contributed by atoms with E-state index in [-0.39, 0.29) is 16.8 Å². The van der Waals surface area contributed by atoms with Gasteiger partial charge in [0.2, 0.25) is 11.7 Å². The third-order valence-corrected chi connectivity index (χ3v) is 9.84. The minimum Gasteiger partial charge on any atom is -0.508 e. The Balaban J connectivity index is 1.54. The number of amides is 2. The van der Waals surface area contributed by atoms with Gasteiger partial charge in [-0.05, 0) is 31.6 Å². The number of Topliss-reactive ketones (excluding diaryl/α,β-unsaturated/α-hetero) is 2. The lowest BCUT2D eigenvalue weighted by Gasteiger charge is -2.53.